The third-order valence-corrected chi connectivity index (χ3v) is 4.78. The Hall–Kier alpha value is -2.29. The van der Waals surface area contributed by atoms with Gasteiger partial charge in [0.2, 0.25) is 0 Å². The Morgan fingerprint density at radius 2 is 2.00 bits per heavy atom. The number of benzene rings is 1. The lowest BCUT2D eigenvalue weighted by Crippen LogP contribution is -2.36. The lowest BCUT2D eigenvalue weighted by Gasteiger charge is -2.16. The molecule has 0 saturated carbocycles. The van der Waals surface area contributed by atoms with Crippen molar-refractivity contribution < 1.29 is 17.9 Å². The SMILES string of the molecule is CCc1cnc(CNC(=NC)NCc2ccc(C)cc2OCC(F)(F)F)s1. The second-order valence-electron chi connectivity index (χ2n) is 5.87. The molecule has 0 bridgehead atoms. The van der Waals surface area contributed by atoms with Crippen LogP contribution in [-0.2, 0) is 19.5 Å². The van der Waals surface area contributed by atoms with E-state index >= 15 is 0 Å². The standard InChI is InChI=1S/C18H23F3N4OS/c1-4-14-9-23-16(27-14)10-25-17(22-3)24-8-13-6-5-12(2)7-15(13)26-11-18(19,20)21/h5-7,9H,4,8,10-11H2,1-3H3,(H2,22,24,25). The Bertz CT molecular complexity index is 774. The van der Waals surface area contributed by atoms with Crippen LogP contribution in [0.3, 0.4) is 0 Å². The van der Waals surface area contributed by atoms with E-state index in [0.717, 1.165) is 17.0 Å². The number of rotatable bonds is 7. The average molecular weight is 400 g/mol. The van der Waals surface area contributed by atoms with E-state index in [0.29, 0.717) is 18.1 Å². The minimum atomic E-state index is -4.38. The monoisotopic (exact) mass is 400 g/mol. The Kier molecular flexibility index (Phi) is 7.46. The van der Waals surface area contributed by atoms with Crippen LogP contribution in [0.15, 0.2) is 29.4 Å². The second kappa shape index (κ2) is 9.59. The van der Waals surface area contributed by atoms with Crippen molar-refractivity contribution in [2.45, 2.75) is 39.5 Å². The van der Waals surface area contributed by atoms with E-state index in [1.54, 1.807) is 37.4 Å². The number of aryl methyl sites for hydroxylation is 2. The molecule has 2 rings (SSSR count). The van der Waals surface area contributed by atoms with Crippen molar-refractivity contribution in [2.75, 3.05) is 13.7 Å². The number of ether oxygens (including phenoxy) is 1. The van der Waals surface area contributed by atoms with Crippen LogP contribution in [0.2, 0.25) is 0 Å². The van der Waals surface area contributed by atoms with Gasteiger partial charge in [-0.15, -0.1) is 11.3 Å². The highest BCUT2D eigenvalue weighted by molar-refractivity contribution is 7.11. The first-order valence-electron chi connectivity index (χ1n) is 8.48. The summed E-state index contributed by atoms with van der Waals surface area (Å²) in [6.45, 7) is 3.36. The zero-order valence-corrected chi connectivity index (χ0v) is 16.3. The number of aromatic nitrogens is 1. The molecule has 0 aliphatic heterocycles. The molecule has 0 unspecified atom stereocenters. The van der Waals surface area contributed by atoms with E-state index in [4.69, 9.17) is 4.74 Å². The first-order chi connectivity index (χ1) is 12.8. The van der Waals surface area contributed by atoms with Crippen LogP contribution < -0.4 is 15.4 Å². The van der Waals surface area contributed by atoms with Gasteiger partial charge in [-0.3, -0.25) is 4.99 Å². The maximum absolute atomic E-state index is 12.5. The molecule has 0 fully saturated rings. The average Bonchev–Trinajstić information content (AvgIpc) is 3.08. The fourth-order valence-corrected chi connectivity index (χ4v) is 3.06. The molecular formula is C18H23F3N4OS. The summed E-state index contributed by atoms with van der Waals surface area (Å²) in [5, 5.41) is 7.18. The predicted octanol–water partition coefficient (Wildman–Crippen LogP) is 3.82. The Morgan fingerprint density at radius 1 is 1.26 bits per heavy atom. The normalized spacial score (nSPS) is 12.1. The maximum atomic E-state index is 12.5. The molecule has 1 aromatic carbocycles. The minimum absolute atomic E-state index is 0.211. The first-order valence-corrected chi connectivity index (χ1v) is 9.29. The molecule has 9 heteroatoms. The third kappa shape index (κ3) is 7.09. The molecule has 0 atom stereocenters. The number of hydrogen-bond donors (Lipinski definition) is 2. The van der Waals surface area contributed by atoms with Crippen LogP contribution in [0.4, 0.5) is 13.2 Å². The van der Waals surface area contributed by atoms with Crippen LogP contribution in [0, 0.1) is 6.92 Å². The highest BCUT2D eigenvalue weighted by Crippen LogP contribution is 2.23. The van der Waals surface area contributed by atoms with E-state index in [1.807, 2.05) is 12.3 Å². The van der Waals surface area contributed by atoms with Gasteiger partial charge in [-0.2, -0.15) is 13.2 Å². The van der Waals surface area contributed by atoms with Crippen molar-refractivity contribution in [1.82, 2.24) is 15.6 Å². The van der Waals surface area contributed by atoms with E-state index in [2.05, 4.69) is 27.5 Å². The van der Waals surface area contributed by atoms with Crippen LogP contribution in [0.5, 0.6) is 5.75 Å². The number of nitrogens with one attached hydrogen (secondary N) is 2. The molecule has 5 nitrogen and oxygen atoms in total. The molecule has 0 radical (unpaired) electrons. The summed E-state index contributed by atoms with van der Waals surface area (Å²) >= 11 is 1.63. The fraction of sp³-hybridized carbons (Fsp3) is 0.444. The first kappa shape index (κ1) is 21.0. The van der Waals surface area contributed by atoms with Gasteiger partial charge < -0.3 is 15.4 Å². The molecule has 0 spiro atoms. The van der Waals surface area contributed by atoms with Gasteiger partial charge in [0.1, 0.15) is 10.8 Å². The van der Waals surface area contributed by atoms with E-state index < -0.39 is 12.8 Å². The van der Waals surface area contributed by atoms with Gasteiger partial charge in [0, 0.05) is 30.2 Å². The number of aliphatic imine (C=N–C) groups is 1. The van der Waals surface area contributed by atoms with Crippen molar-refractivity contribution in [3.8, 4) is 5.75 Å². The number of hydrogen-bond acceptors (Lipinski definition) is 4. The predicted molar refractivity (Wildman–Crippen MR) is 101 cm³/mol. The van der Waals surface area contributed by atoms with Gasteiger partial charge in [-0.25, -0.2) is 4.98 Å². The summed E-state index contributed by atoms with van der Waals surface area (Å²) in [6, 6.07) is 5.17. The molecule has 1 heterocycles. The van der Waals surface area contributed by atoms with Gasteiger partial charge in [0.25, 0.3) is 0 Å². The zero-order valence-electron chi connectivity index (χ0n) is 15.5. The number of thiazole rings is 1. The zero-order chi connectivity index (χ0) is 19.9. The summed E-state index contributed by atoms with van der Waals surface area (Å²) in [6.07, 6.45) is -1.58. The van der Waals surface area contributed by atoms with Gasteiger partial charge in [0.15, 0.2) is 12.6 Å². The lowest BCUT2D eigenvalue weighted by atomic mass is 10.1. The Morgan fingerprint density at radius 3 is 2.63 bits per heavy atom. The molecule has 27 heavy (non-hydrogen) atoms. The Balaban J connectivity index is 1.95. The van der Waals surface area contributed by atoms with Crippen molar-refractivity contribution in [3.63, 3.8) is 0 Å². The molecular weight excluding hydrogens is 377 g/mol. The summed E-state index contributed by atoms with van der Waals surface area (Å²) in [5.74, 6) is 0.744. The van der Waals surface area contributed by atoms with Crippen molar-refractivity contribution in [3.05, 3.63) is 45.4 Å². The van der Waals surface area contributed by atoms with Crippen molar-refractivity contribution in [1.29, 1.82) is 0 Å². The Labute approximate surface area is 160 Å². The largest absolute Gasteiger partial charge is 0.484 e. The number of halogens is 3. The molecule has 0 amide bonds. The van der Waals surface area contributed by atoms with Gasteiger partial charge in [-0.1, -0.05) is 19.1 Å². The highest BCUT2D eigenvalue weighted by Gasteiger charge is 2.28. The van der Waals surface area contributed by atoms with E-state index in [9.17, 15) is 13.2 Å². The quantitative estimate of drug-likeness (QED) is 0.548. The van der Waals surface area contributed by atoms with Gasteiger partial charge in [0.05, 0.1) is 6.54 Å². The second-order valence-corrected chi connectivity index (χ2v) is 7.07. The van der Waals surface area contributed by atoms with E-state index in [1.165, 1.54) is 4.88 Å². The minimum Gasteiger partial charge on any atom is -0.484 e. The number of alkyl halides is 3. The van der Waals surface area contributed by atoms with Crippen LogP contribution in [0.1, 0.15) is 27.9 Å². The molecule has 148 valence electrons. The summed E-state index contributed by atoms with van der Waals surface area (Å²) in [7, 11) is 1.63. The molecule has 0 aliphatic carbocycles. The number of nitrogens with zero attached hydrogens (tertiary/aromatic N) is 2. The summed E-state index contributed by atoms with van der Waals surface area (Å²) < 4.78 is 42.3. The van der Waals surface area contributed by atoms with E-state index in [-0.39, 0.29) is 12.3 Å². The molecule has 1 aromatic heterocycles. The van der Waals surface area contributed by atoms with Crippen molar-refractivity contribution in [2.24, 2.45) is 4.99 Å². The van der Waals surface area contributed by atoms with Crippen molar-refractivity contribution >= 4 is 17.3 Å². The molecule has 2 aromatic rings. The number of guanidine groups is 1. The summed E-state index contributed by atoms with van der Waals surface area (Å²) in [5.41, 5.74) is 1.45. The smallest absolute Gasteiger partial charge is 0.422 e. The summed E-state index contributed by atoms with van der Waals surface area (Å²) in [4.78, 5) is 9.67. The van der Waals surface area contributed by atoms with Gasteiger partial charge >= 0.3 is 6.18 Å². The maximum Gasteiger partial charge on any atom is 0.422 e. The molecule has 0 aliphatic rings. The highest BCUT2D eigenvalue weighted by atomic mass is 32.1. The molecule has 0 saturated heterocycles. The van der Waals surface area contributed by atoms with Crippen LogP contribution in [-0.4, -0.2) is 30.8 Å². The van der Waals surface area contributed by atoms with Gasteiger partial charge in [-0.05, 0) is 25.0 Å². The van der Waals surface area contributed by atoms with Crippen LogP contribution in [0.25, 0.3) is 0 Å². The topological polar surface area (TPSA) is 58.5 Å². The molecule has 2 N–H and O–H groups in total. The third-order valence-electron chi connectivity index (χ3n) is 3.64. The fourth-order valence-electron chi connectivity index (χ4n) is 2.25. The lowest BCUT2D eigenvalue weighted by molar-refractivity contribution is -0.153. The van der Waals surface area contributed by atoms with Crippen LogP contribution >= 0.6 is 11.3 Å².